The third-order valence-electron chi connectivity index (χ3n) is 3.34. The van der Waals surface area contributed by atoms with Crippen LogP contribution in [0.15, 0.2) is 48.5 Å². The predicted molar refractivity (Wildman–Crippen MR) is 88.2 cm³/mol. The Balaban J connectivity index is 2.38. The van der Waals surface area contributed by atoms with Gasteiger partial charge in [0.1, 0.15) is 5.69 Å². The maximum atomic E-state index is 12.5. The van der Waals surface area contributed by atoms with E-state index in [1.54, 1.807) is 18.2 Å². The van der Waals surface area contributed by atoms with Gasteiger partial charge in [0.15, 0.2) is 0 Å². The zero-order chi connectivity index (χ0) is 15.9. The molecule has 0 bridgehead atoms. The third kappa shape index (κ3) is 2.39. The van der Waals surface area contributed by atoms with Crippen molar-refractivity contribution in [1.29, 1.82) is 0 Å². The third-order valence-corrected chi connectivity index (χ3v) is 5.21. The normalized spacial score (nSPS) is 12.2. The van der Waals surface area contributed by atoms with Gasteiger partial charge in [0.2, 0.25) is 0 Å². The standard InChI is InChI=1S/C15H14ClN3O2S/c1-18(2)22(20,21)19-14-9-8-12(16)10-13(14)15(17-19)11-6-4-3-5-7-11/h3-10H,1-2H3. The minimum atomic E-state index is -3.71. The Morgan fingerprint density at radius 2 is 1.77 bits per heavy atom. The molecule has 3 rings (SSSR count). The molecule has 0 aliphatic heterocycles. The fourth-order valence-electron chi connectivity index (χ4n) is 2.20. The van der Waals surface area contributed by atoms with E-state index in [0.29, 0.717) is 21.6 Å². The van der Waals surface area contributed by atoms with E-state index < -0.39 is 10.2 Å². The summed E-state index contributed by atoms with van der Waals surface area (Å²) in [6.07, 6.45) is 0. The van der Waals surface area contributed by atoms with E-state index in [4.69, 9.17) is 11.6 Å². The Hall–Kier alpha value is -1.89. The molecule has 0 spiro atoms. The molecule has 1 aromatic heterocycles. The van der Waals surface area contributed by atoms with Gasteiger partial charge in [-0.05, 0) is 18.2 Å². The fraction of sp³-hybridized carbons (Fsp3) is 0.133. The van der Waals surface area contributed by atoms with Gasteiger partial charge in [0.05, 0.1) is 5.52 Å². The van der Waals surface area contributed by atoms with Crippen LogP contribution in [0.1, 0.15) is 0 Å². The number of nitrogens with zero attached hydrogens (tertiary/aromatic N) is 3. The zero-order valence-electron chi connectivity index (χ0n) is 12.1. The molecule has 0 aliphatic carbocycles. The summed E-state index contributed by atoms with van der Waals surface area (Å²) in [6, 6.07) is 14.5. The zero-order valence-corrected chi connectivity index (χ0v) is 13.6. The number of rotatable bonds is 3. The quantitative estimate of drug-likeness (QED) is 0.739. The van der Waals surface area contributed by atoms with Crippen LogP contribution in [0.25, 0.3) is 22.2 Å². The topological polar surface area (TPSA) is 55.2 Å². The van der Waals surface area contributed by atoms with Gasteiger partial charge in [0, 0.05) is 30.1 Å². The van der Waals surface area contributed by atoms with Gasteiger partial charge in [0.25, 0.3) is 0 Å². The highest BCUT2D eigenvalue weighted by Crippen LogP contribution is 2.31. The van der Waals surface area contributed by atoms with Crippen LogP contribution in [0.5, 0.6) is 0 Å². The second-order valence-corrected chi connectivity index (χ2v) is 7.42. The van der Waals surface area contributed by atoms with E-state index in [0.717, 1.165) is 14.0 Å². The fourth-order valence-corrected chi connectivity index (χ4v) is 3.28. The van der Waals surface area contributed by atoms with E-state index in [2.05, 4.69) is 5.10 Å². The highest BCUT2D eigenvalue weighted by Gasteiger charge is 2.23. The monoisotopic (exact) mass is 335 g/mol. The van der Waals surface area contributed by atoms with E-state index in [-0.39, 0.29) is 0 Å². The van der Waals surface area contributed by atoms with Crippen molar-refractivity contribution in [1.82, 2.24) is 13.5 Å². The first-order valence-corrected chi connectivity index (χ1v) is 8.35. The SMILES string of the molecule is CN(C)S(=O)(=O)n1nc(-c2ccccc2)c2cc(Cl)ccc21. The summed E-state index contributed by atoms with van der Waals surface area (Å²) in [6.45, 7) is 0. The molecule has 3 aromatic rings. The molecule has 0 fully saturated rings. The Labute approximate surface area is 133 Å². The summed E-state index contributed by atoms with van der Waals surface area (Å²) < 4.78 is 27.1. The molecule has 114 valence electrons. The maximum absolute atomic E-state index is 12.5. The Bertz CT molecular complexity index is 934. The first-order chi connectivity index (χ1) is 10.4. The maximum Gasteiger partial charge on any atom is 0.323 e. The van der Waals surface area contributed by atoms with Crippen molar-refractivity contribution < 1.29 is 8.42 Å². The van der Waals surface area contributed by atoms with Crippen LogP contribution in [-0.4, -0.2) is 36.0 Å². The van der Waals surface area contributed by atoms with Crippen molar-refractivity contribution in [2.24, 2.45) is 0 Å². The molecule has 0 saturated heterocycles. The van der Waals surface area contributed by atoms with Crippen LogP contribution in [0, 0.1) is 0 Å². The van der Waals surface area contributed by atoms with E-state index >= 15 is 0 Å². The Morgan fingerprint density at radius 1 is 1.09 bits per heavy atom. The summed E-state index contributed by atoms with van der Waals surface area (Å²) >= 11 is 6.07. The minimum Gasteiger partial charge on any atom is -0.189 e. The van der Waals surface area contributed by atoms with Crippen molar-refractivity contribution in [3.63, 3.8) is 0 Å². The predicted octanol–water partition coefficient (Wildman–Crippen LogP) is 3.01. The molecular formula is C15H14ClN3O2S. The van der Waals surface area contributed by atoms with Crippen molar-refractivity contribution in [3.8, 4) is 11.3 Å². The van der Waals surface area contributed by atoms with Gasteiger partial charge in [-0.15, -0.1) is 4.09 Å². The highest BCUT2D eigenvalue weighted by molar-refractivity contribution is 7.87. The lowest BCUT2D eigenvalue weighted by Gasteiger charge is -2.11. The second kappa shape index (κ2) is 5.39. The summed E-state index contributed by atoms with van der Waals surface area (Å²) in [7, 11) is -0.761. The largest absolute Gasteiger partial charge is 0.323 e. The van der Waals surface area contributed by atoms with Crippen LogP contribution < -0.4 is 0 Å². The molecule has 0 radical (unpaired) electrons. The van der Waals surface area contributed by atoms with Crippen LogP contribution >= 0.6 is 11.6 Å². The van der Waals surface area contributed by atoms with Crippen molar-refractivity contribution in [2.45, 2.75) is 0 Å². The molecule has 5 nitrogen and oxygen atoms in total. The molecule has 0 aliphatic rings. The lowest BCUT2D eigenvalue weighted by molar-refractivity contribution is 0.506. The highest BCUT2D eigenvalue weighted by atomic mass is 35.5. The van der Waals surface area contributed by atoms with Gasteiger partial charge in [-0.25, -0.2) is 0 Å². The second-order valence-electron chi connectivity index (χ2n) is 5.01. The minimum absolute atomic E-state index is 0.497. The Morgan fingerprint density at radius 3 is 2.41 bits per heavy atom. The van der Waals surface area contributed by atoms with E-state index in [9.17, 15) is 8.42 Å². The molecule has 0 unspecified atom stereocenters. The molecule has 22 heavy (non-hydrogen) atoms. The van der Waals surface area contributed by atoms with Gasteiger partial charge in [-0.2, -0.15) is 17.8 Å². The van der Waals surface area contributed by atoms with Crippen LogP contribution in [0.3, 0.4) is 0 Å². The van der Waals surface area contributed by atoms with Crippen LogP contribution in [-0.2, 0) is 10.2 Å². The average molecular weight is 336 g/mol. The number of benzene rings is 2. The number of hydrogen-bond acceptors (Lipinski definition) is 3. The smallest absolute Gasteiger partial charge is 0.189 e. The molecule has 2 aromatic carbocycles. The number of hydrogen-bond donors (Lipinski definition) is 0. The number of halogens is 1. The molecular weight excluding hydrogens is 322 g/mol. The van der Waals surface area contributed by atoms with Crippen LogP contribution in [0.4, 0.5) is 0 Å². The van der Waals surface area contributed by atoms with E-state index in [1.165, 1.54) is 14.1 Å². The van der Waals surface area contributed by atoms with Crippen LogP contribution in [0.2, 0.25) is 5.02 Å². The molecule has 0 saturated carbocycles. The number of fused-ring (bicyclic) bond motifs is 1. The summed E-state index contributed by atoms with van der Waals surface area (Å²) in [4.78, 5) is 0. The van der Waals surface area contributed by atoms with E-state index in [1.807, 2.05) is 30.3 Å². The summed E-state index contributed by atoms with van der Waals surface area (Å²) in [5.41, 5.74) is 1.92. The van der Waals surface area contributed by atoms with Gasteiger partial charge in [-0.1, -0.05) is 41.9 Å². The van der Waals surface area contributed by atoms with Gasteiger partial charge in [-0.3, -0.25) is 0 Å². The molecule has 7 heteroatoms. The molecule has 1 heterocycles. The molecule has 0 N–H and O–H groups in total. The first-order valence-electron chi connectivity index (χ1n) is 6.58. The molecule has 0 amide bonds. The van der Waals surface area contributed by atoms with Crippen molar-refractivity contribution in [2.75, 3.05) is 14.1 Å². The lowest BCUT2D eigenvalue weighted by Crippen LogP contribution is -2.29. The van der Waals surface area contributed by atoms with Crippen molar-refractivity contribution >= 4 is 32.7 Å². The summed E-state index contributed by atoms with van der Waals surface area (Å²) in [5, 5.41) is 5.55. The average Bonchev–Trinajstić information content (AvgIpc) is 2.87. The number of aromatic nitrogens is 2. The van der Waals surface area contributed by atoms with Gasteiger partial charge >= 0.3 is 10.2 Å². The summed E-state index contributed by atoms with van der Waals surface area (Å²) in [5.74, 6) is 0. The lowest BCUT2D eigenvalue weighted by atomic mass is 10.1. The molecule has 0 atom stereocenters. The van der Waals surface area contributed by atoms with Gasteiger partial charge < -0.3 is 0 Å². The first kappa shape index (κ1) is 15.0. The van der Waals surface area contributed by atoms with Crippen molar-refractivity contribution in [3.05, 3.63) is 53.6 Å². The Kier molecular flexibility index (Phi) is 3.68.